The van der Waals surface area contributed by atoms with Crippen molar-refractivity contribution in [1.29, 1.82) is 0 Å². The number of benzene rings is 2. The van der Waals surface area contributed by atoms with Gasteiger partial charge in [0.05, 0.1) is 11.1 Å². The molecule has 0 bridgehead atoms. The van der Waals surface area contributed by atoms with Crippen molar-refractivity contribution in [2.75, 3.05) is 31.1 Å². The SMILES string of the molecule is O=C(c1c(-c2ccccc2)cn2ccccc12)N1CCN(c2cccc(Cl)c2)CC1. The Morgan fingerprint density at radius 3 is 2.37 bits per heavy atom. The summed E-state index contributed by atoms with van der Waals surface area (Å²) in [5.41, 5.74) is 4.86. The van der Waals surface area contributed by atoms with E-state index in [9.17, 15) is 4.79 Å². The van der Waals surface area contributed by atoms with Gasteiger partial charge in [0.1, 0.15) is 0 Å². The highest BCUT2D eigenvalue weighted by molar-refractivity contribution is 6.30. The maximum absolute atomic E-state index is 13.6. The second-order valence-corrected chi connectivity index (χ2v) is 7.97. The first-order valence-corrected chi connectivity index (χ1v) is 10.5. The lowest BCUT2D eigenvalue weighted by Gasteiger charge is -2.36. The van der Waals surface area contributed by atoms with Gasteiger partial charge in [-0.05, 0) is 35.9 Å². The van der Waals surface area contributed by atoms with E-state index in [1.807, 2.05) is 70.1 Å². The molecule has 4 aromatic rings. The predicted molar refractivity (Wildman–Crippen MR) is 122 cm³/mol. The van der Waals surface area contributed by atoms with Crippen molar-refractivity contribution >= 4 is 28.7 Å². The van der Waals surface area contributed by atoms with Crippen molar-refractivity contribution in [3.63, 3.8) is 0 Å². The van der Waals surface area contributed by atoms with Gasteiger partial charge >= 0.3 is 0 Å². The summed E-state index contributed by atoms with van der Waals surface area (Å²) < 4.78 is 2.04. The van der Waals surface area contributed by atoms with Crippen molar-refractivity contribution in [3.8, 4) is 11.1 Å². The van der Waals surface area contributed by atoms with Crippen LogP contribution >= 0.6 is 11.6 Å². The van der Waals surface area contributed by atoms with Gasteiger partial charge in [0.2, 0.25) is 0 Å². The molecule has 1 aliphatic heterocycles. The number of rotatable bonds is 3. The summed E-state index contributed by atoms with van der Waals surface area (Å²) in [6, 6.07) is 24.0. The van der Waals surface area contributed by atoms with Gasteiger partial charge in [-0.15, -0.1) is 0 Å². The van der Waals surface area contributed by atoms with Gasteiger partial charge in [-0.1, -0.05) is 54.1 Å². The van der Waals surface area contributed by atoms with Crippen LogP contribution in [0.25, 0.3) is 16.6 Å². The Morgan fingerprint density at radius 1 is 0.833 bits per heavy atom. The quantitative estimate of drug-likeness (QED) is 0.458. The molecule has 150 valence electrons. The van der Waals surface area contributed by atoms with Crippen LogP contribution in [0.3, 0.4) is 0 Å². The molecule has 5 heteroatoms. The van der Waals surface area contributed by atoms with Gasteiger partial charge in [0.15, 0.2) is 0 Å². The van der Waals surface area contributed by atoms with Crippen LogP contribution in [-0.2, 0) is 0 Å². The molecule has 2 aromatic carbocycles. The molecule has 0 saturated carbocycles. The van der Waals surface area contributed by atoms with Crippen LogP contribution in [0.15, 0.2) is 85.2 Å². The second-order valence-electron chi connectivity index (χ2n) is 7.54. The lowest BCUT2D eigenvalue weighted by Crippen LogP contribution is -2.48. The Hall–Kier alpha value is -3.24. The van der Waals surface area contributed by atoms with E-state index in [0.29, 0.717) is 13.1 Å². The Balaban J connectivity index is 1.44. The molecule has 2 aromatic heterocycles. The minimum absolute atomic E-state index is 0.0910. The normalized spacial score (nSPS) is 14.3. The Morgan fingerprint density at radius 2 is 1.60 bits per heavy atom. The first-order chi connectivity index (χ1) is 14.7. The van der Waals surface area contributed by atoms with Crippen LogP contribution in [0.2, 0.25) is 5.02 Å². The third-order valence-electron chi connectivity index (χ3n) is 5.72. The number of fused-ring (bicyclic) bond motifs is 1. The molecule has 0 N–H and O–H groups in total. The van der Waals surface area contributed by atoms with Crippen LogP contribution in [0.4, 0.5) is 5.69 Å². The molecule has 1 saturated heterocycles. The van der Waals surface area contributed by atoms with Gasteiger partial charge in [0, 0.05) is 54.8 Å². The number of halogens is 1. The third-order valence-corrected chi connectivity index (χ3v) is 5.96. The van der Waals surface area contributed by atoms with Crippen molar-refractivity contribution in [1.82, 2.24) is 9.30 Å². The molecule has 30 heavy (non-hydrogen) atoms. The van der Waals surface area contributed by atoms with Gasteiger partial charge in [-0.2, -0.15) is 0 Å². The number of hydrogen-bond acceptors (Lipinski definition) is 2. The molecule has 4 nitrogen and oxygen atoms in total. The van der Waals surface area contributed by atoms with E-state index in [1.165, 1.54) is 0 Å². The zero-order chi connectivity index (χ0) is 20.5. The summed E-state index contributed by atoms with van der Waals surface area (Å²) in [5.74, 6) is 0.0910. The fourth-order valence-electron chi connectivity index (χ4n) is 4.18. The van der Waals surface area contributed by atoms with E-state index in [0.717, 1.165) is 46.0 Å². The molecule has 0 atom stereocenters. The zero-order valence-corrected chi connectivity index (χ0v) is 17.3. The minimum atomic E-state index is 0.0910. The highest BCUT2D eigenvalue weighted by Crippen LogP contribution is 2.30. The van der Waals surface area contributed by atoms with Gasteiger partial charge in [-0.3, -0.25) is 4.79 Å². The number of pyridine rings is 1. The lowest BCUT2D eigenvalue weighted by atomic mass is 10.0. The van der Waals surface area contributed by atoms with Crippen LogP contribution in [0.1, 0.15) is 10.4 Å². The molecule has 0 spiro atoms. The fourth-order valence-corrected chi connectivity index (χ4v) is 4.37. The first kappa shape index (κ1) is 18.8. The number of amides is 1. The summed E-state index contributed by atoms with van der Waals surface area (Å²) >= 11 is 6.15. The van der Waals surface area contributed by atoms with Crippen LogP contribution < -0.4 is 4.90 Å². The molecule has 1 amide bonds. The van der Waals surface area contributed by atoms with E-state index in [-0.39, 0.29) is 5.91 Å². The summed E-state index contributed by atoms with van der Waals surface area (Å²) in [6.07, 6.45) is 4.05. The minimum Gasteiger partial charge on any atom is -0.368 e. The lowest BCUT2D eigenvalue weighted by molar-refractivity contribution is 0.0749. The monoisotopic (exact) mass is 415 g/mol. The van der Waals surface area contributed by atoms with Crippen molar-refractivity contribution in [3.05, 3.63) is 95.8 Å². The largest absolute Gasteiger partial charge is 0.368 e. The van der Waals surface area contributed by atoms with E-state index >= 15 is 0 Å². The summed E-state index contributed by atoms with van der Waals surface area (Å²) in [6.45, 7) is 2.95. The number of carbonyl (C=O) groups excluding carboxylic acids is 1. The highest BCUT2D eigenvalue weighted by atomic mass is 35.5. The predicted octanol–water partition coefficient (Wildman–Crippen LogP) is 5.22. The molecule has 3 heterocycles. The van der Waals surface area contributed by atoms with Gasteiger partial charge in [0.25, 0.3) is 5.91 Å². The van der Waals surface area contributed by atoms with E-state index in [1.54, 1.807) is 0 Å². The van der Waals surface area contributed by atoms with E-state index < -0.39 is 0 Å². The number of piperazine rings is 1. The Bertz CT molecular complexity index is 1190. The second kappa shape index (κ2) is 7.88. The molecule has 0 unspecified atom stereocenters. The molecule has 1 aliphatic rings. The standard InChI is InChI=1S/C25H22ClN3O/c26-20-9-6-10-21(17-20)27-13-15-28(16-14-27)25(30)24-22(19-7-2-1-3-8-19)18-29-12-5-4-11-23(24)29/h1-12,17-18H,13-16H2. The summed E-state index contributed by atoms with van der Waals surface area (Å²) in [5, 5.41) is 0.735. The average molecular weight is 416 g/mol. The number of hydrogen-bond donors (Lipinski definition) is 0. The van der Waals surface area contributed by atoms with E-state index in [2.05, 4.69) is 29.3 Å². The number of nitrogens with zero attached hydrogens (tertiary/aromatic N) is 3. The van der Waals surface area contributed by atoms with Crippen molar-refractivity contribution in [2.24, 2.45) is 0 Å². The first-order valence-electron chi connectivity index (χ1n) is 10.2. The van der Waals surface area contributed by atoms with Crippen molar-refractivity contribution in [2.45, 2.75) is 0 Å². The van der Waals surface area contributed by atoms with Crippen molar-refractivity contribution < 1.29 is 4.79 Å². The highest BCUT2D eigenvalue weighted by Gasteiger charge is 2.27. The van der Waals surface area contributed by atoms with Crippen LogP contribution in [0, 0.1) is 0 Å². The number of anilines is 1. The Labute approximate surface area is 180 Å². The molecule has 5 rings (SSSR count). The summed E-state index contributed by atoms with van der Waals surface area (Å²) in [4.78, 5) is 17.9. The molecule has 0 radical (unpaired) electrons. The fraction of sp³-hybridized carbons (Fsp3) is 0.160. The Kier molecular flexibility index (Phi) is 4.93. The van der Waals surface area contributed by atoms with Gasteiger partial charge in [-0.25, -0.2) is 0 Å². The maximum atomic E-state index is 13.6. The average Bonchev–Trinajstić information content (AvgIpc) is 3.19. The van der Waals surface area contributed by atoms with E-state index in [4.69, 9.17) is 11.6 Å². The zero-order valence-electron chi connectivity index (χ0n) is 16.5. The molecule has 0 aliphatic carbocycles. The molecule has 1 fully saturated rings. The van der Waals surface area contributed by atoms with Crippen LogP contribution in [0.5, 0.6) is 0 Å². The van der Waals surface area contributed by atoms with Crippen LogP contribution in [-0.4, -0.2) is 41.4 Å². The number of carbonyl (C=O) groups is 1. The molecular weight excluding hydrogens is 394 g/mol. The summed E-state index contributed by atoms with van der Waals surface area (Å²) in [7, 11) is 0. The third kappa shape index (κ3) is 3.44. The maximum Gasteiger partial charge on any atom is 0.256 e. The molecular formula is C25H22ClN3O. The van der Waals surface area contributed by atoms with Gasteiger partial charge < -0.3 is 14.2 Å². The topological polar surface area (TPSA) is 28.0 Å². The smallest absolute Gasteiger partial charge is 0.256 e. The number of aromatic nitrogens is 1.